The third-order valence-electron chi connectivity index (χ3n) is 3.97. The Bertz CT molecular complexity index is 809. The number of methoxy groups -OCH3 is 5. The molecule has 0 saturated carbocycles. The van der Waals surface area contributed by atoms with Crippen molar-refractivity contribution in [3.63, 3.8) is 0 Å². The first-order chi connectivity index (χ1) is 13.2. The highest BCUT2D eigenvalue weighted by Gasteiger charge is 2.10. The number of ether oxygens (including phenoxy) is 5. The predicted octanol–water partition coefficient (Wildman–Crippen LogP) is 4.55. The molecule has 0 spiro atoms. The van der Waals surface area contributed by atoms with E-state index in [0.29, 0.717) is 29.6 Å². The Morgan fingerprint density at radius 1 is 0.667 bits per heavy atom. The van der Waals surface area contributed by atoms with Crippen molar-refractivity contribution in [3.05, 3.63) is 53.1 Å². The Morgan fingerprint density at radius 2 is 1.37 bits per heavy atom. The lowest BCUT2D eigenvalue weighted by molar-refractivity contribution is 0.234. The molecule has 0 heterocycles. The number of benzene rings is 2. The van der Waals surface area contributed by atoms with Crippen LogP contribution in [0.4, 0.5) is 0 Å². The Labute approximate surface area is 160 Å². The molecule has 0 unspecified atom stereocenters. The maximum absolute atomic E-state index is 5.55. The van der Waals surface area contributed by atoms with Gasteiger partial charge in [0.15, 0.2) is 23.0 Å². The van der Waals surface area contributed by atoms with Crippen molar-refractivity contribution in [2.24, 2.45) is 0 Å². The van der Waals surface area contributed by atoms with Gasteiger partial charge >= 0.3 is 0 Å². The molecule has 0 aliphatic carbocycles. The van der Waals surface area contributed by atoms with Crippen LogP contribution in [0.1, 0.15) is 16.7 Å². The smallest absolute Gasteiger partial charge is 0.167 e. The minimum absolute atomic E-state index is 0.547. The van der Waals surface area contributed by atoms with Crippen molar-refractivity contribution in [3.8, 4) is 23.0 Å². The Morgan fingerprint density at radius 3 is 2.00 bits per heavy atom. The number of hydrogen-bond acceptors (Lipinski definition) is 5. The van der Waals surface area contributed by atoms with Gasteiger partial charge in [0.05, 0.1) is 35.0 Å². The molecule has 2 aromatic rings. The molecule has 5 heteroatoms. The van der Waals surface area contributed by atoms with Crippen molar-refractivity contribution in [2.45, 2.75) is 0 Å². The van der Waals surface area contributed by atoms with E-state index >= 15 is 0 Å². The minimum Gasteiger partial charge on any atom is -0.493 e. The Balaban J connectivity index is 2.40. The highest BCUT2D eigenvalue weighted by Crippen LogP contribution is 2.35. The van der Waals surface area contributed by atoms with Crippen molar-refractivity contribution < 1.29 is 23.7 Å². The van der Waals surface area contributed by atoms with Crippen LogP contribution in [0.15, 0.2) is 36.4 Å². The molecule has 0 atom stereocenters. The van der Waals surface area contributed by atoms with Crippen LogP contribution in [0.25, 0.3) is 18.2 Å². The van der Waals surface area contributed by atoms with Crippen LogP contribution in [-0.4, -0.2) is 42.2 Å². The van der Waals surface area contributed by atoms with E-state index in [-0.39, 0.29) is 0 Å². The second kappa shape index (κ2) is 10.3. The summed E-state index contributed by atoms with van der Waals surface area (Å²) in [4.78, 5) is 0. The summed E-state index contributed by atoms with van der Waals surface area (Å²) in [5.41, 5.74) is 2.88. The summed E-state index contributed by atoms with van der Waals surface area (Å²) in [5, 5.41) is 0. The molecule has 27 heavy (non-hydrogen) atoms. The van der Waals surface area contributed by atoms with Crippen LogP contribution in [0.3, 0.4) is 0 Å². The molecule has 0 aliphatic heterocycles. The number of rotatable bonds is 9. The van der Waals surface area contributed by atoms with Crippen molar-refractivity contribution >= 4 is 18.2 Å². The molecule has 5 nitrogen and oxygen atoms in total. The van der Waals surface area contributed by atoms with Crippen LogP contribution in [0.5, 0.6) is 23.0 Å². The fraction of sp³-hybridized carbons (Fsp3) is 0.273. The molecule has 0 saturated heterocycles. The third kappa shape index (κ3) is 5.28. The summed E-state index contributed by atoms with van der Waals surface area (Å²) in [6, 6.07) is 9.72. The first-order valence-corrected chi connectivity index (χ1v) is 8.48. The van der Waals surface area contributed by atoms with E-state index in [1.165, 1.54) is 0 Å². The second-order valence-electron chi connectivity index (χ2n) is 5.65. The molecular formula is C22H26O5. The van der Waals surface area contributed by atoms with Crippen LogP contribution >= 0.6 is 0 Å². The molecular weight excluding hydrogens is 344 g/mol. The van der Waals surface area contributed by atoms with Gasteiger partial charge in [0.25, 0.3) is 0 Å². The van der Waals surface area contributed by atoms with Crippen LogP contribution in [0.2, 0.25) is 0 Å². The highest BCUT2D eigenvalue weighted by atomic mass is 16.5. The zero-order valence-corrected chi connectivity index (χ0v) is 16.4. The van der Waals surface area contributed by atoms with Gasteiger partial charge in [-0.1, -0.05) is 30.4 Å². The van der Waals surface area contributed by atoms with Crippen molar-refractivity contribution in [1.82, 2.24) is 0 Å². The summed E-state index contributed by atoms with van der Waals surface area (Å²) in [5.74, 6) is 2.72. The molecule has 0 aromatic heterocycles. The highest BCUT2D eigenvalue weighted by molar-refractivity contribution is 5.77. The lowest BCUT2D eigenvalue weighted by Crippen LogP contribution is -1.94. The largest absolute Gasteiger partial charge is 0.493 e. The Hall–Kier alpha value is -2.92. The topological polar surface area (TPSA) is 46.2 Å². The second-order valence-corrected chi connectivity index (χ2v) is 5.65. The van der Waals surface area contributed by atoms with Crippen LogP contribution in [0, 0.1) is 0 Å². The molecule has 0 N–H and O–H groups in total. The van der Waals surface area contributed by atoms with E-state index in [2.05, 4.69) is 0 Å². The standard InChI is InChI=1S/C22H26O5/c1-23-12-6-7-17-13-18(22(27-5)21(15-17)26-4)10-8-16-9-11-19(24-2)20(14-16)25-3/h6-11,13-15H,12H2,1-5H3/b7-6+,10-8+. The van der Waals surface area contributed by atoms with E-state index in [9.17, 15) is 0 Å². The van der Waals surface area contributed by atoms with Gasteiger partial charge in [0.2, 0.25) is 0 Å². The van der Waals surface area contributed by atoms with Crippen molar-refractivity contribution in [2.75, 3.05) is 42.2 Å². The van der Waals surface area contributed by atoms with Gasteiger partial charge in [-0.05, 0) is 35.4 Å². The fourth-order valence-corrected chi connectivity index (χ4v) is 2.66. The lowest BCUT2D eigenvalue weighted by atomic mass is 10.1. The first kappa shape index (κ1) is 20.4. The molecule has 2 aromatic carbocycles. The average Bonchev–Trinajstić information content (AvgIpc) is 2.71. The van der Waals surface area contributed by atoms with Gasteiger partial charge in [-0.3, -0.25) is 0 Å². The Kier molecular flexibility index (Phi) is 7.77. The van der Waals surface area contributed by atoms with Gasteiger partial charge in [0, 0.05) is 12.7 Å². The van der Waals surface area contributed by atoms with Gasteiger partial charge in [-0.25, -0.2) is 0 Å². The van der Waals surface area contributed by atoms with E-state index < -0.39 is 0 Å². The molecule has 0 fully saturated rings. The van der Waals surface area contributed by atoms with Gasteiger partial charge in [-0.15, -0.1) is 0 Å². The van der Waals surface area contributed by atoms with Gasteiger partial charge < -0.3 is 23.7 Å². The van der Waals surface area contributed by atoms with E-state index in [1.807, 2.05) is 54.6 Å². The maximum Gasteiger partial charge on any atom is 0.167 e. The summed E-state index contributed by atoms with van der Waals surface area (Å²) >= 11 is 0. The van der Waals surface area contributed by atoms with E-state index in [4.69, 9.17) is 23.7 Å². The zero-order chi connectivity index (χ0) is 19.6. The molecule has 144 valence electrons. The molecule has 2 rings (SSSR count). The summed E-state index contributed by atoms with van der Waals surface area (Å²) in [7, 11) is 8.16. The number of hydrogen-bond donors (Lipinski definition) is 0. The third-order valence-corrected chi connectivity index (χ3v) is 3.97. The first-order valence-electron chi connectivity index (χ1n) is 8.48. The lowest BCUT2D eigenvalue weighted by Gasteiger charge is -2.12. The monoisotopic (exact) mass is 370 g/mol. The van der Waals surface area contributed by atoms with E-state index in [0.717, 1.165) is 16.7 Å². The predicted molar refractivity (Wildman–Crippen MR) is 109 cm³/mol. The fourth-order valence-electron chi connectivity index (χ4n) is 2.66. The quantitative estimate of drug-likeness (QED) is 0.606. The van der Waals surface area contributed by atoms with Gasteiger partial charge in [0.1, 0.15) is 0 Å². The van der Waals surface area contributed by atoms with Gasteiger partial charge in [-0.2, -0.15) is 0 Å². The summed E-state index contributed by atoms with van der Waals surface area (Å²) < 4.78 is 26.7. The SMILES string of the molecule is COC/C=C/c1cc(/C=C/c2ccc(OC)c(OC)c2)c(OC)c(OC)c1. The van der Waals surface area contributed by atoms with Crippen molar-refractivity contribution in [1.29, 1.82) is 0 Å². The minimum atomic E-state index is 0.547. The molecule has 0 radical (unpaired) electrons. The summed E-state index contributed by atoms with van der Waals surface area (Å²) in [6.45, 7) is 0.547. The summed E-state index contributed by atoms with van der Waals surface area (Å²) in [6.07, 6.45) is 7.90. The zero-order valence-electron chi connectivity index (χ0n) is 16.4. The molecule has 0 amide bonds. The normalized spacial score (nSPS) is 11.1. The average molecular weight is 370 g/mol. The maximum atomic E-state index is 5.55. The van der Waals surface area contributed by atoms with Crippen LogP contribution in [-0.2, 0) is 4.74 Å². The van der Waals surface area contributed by atoms with Crippen LogP contribution < -0.4 is 18.9 Å². The molecule has 0 aliphatic rings. The van der Waals surface area contributed by atoms with E-state index in [1.54, 1.807) is 35.5 Å². The molecule has 0 bridgehead atoms.